The SMILES string of the molecule is Cc1ccc(C(=O)O)c(C(=O)OC2C3OC4C(C)C(OC42)C3C)c1. The molecule has 0 amide bonds. The molecule has 4 bridgehead atoms. The van der Waals surface area contributed by atoms with Crippen LogP contribution in [-0.4, -0.2) is 47.6 Å². The van der Waals surface area contributed by atoms with Gasteiger partial charge in [-0.25, -0.2) is 9.59 Å². The monoisotopic (exact) mass is 332 g/mol. The Balaban J connectivity index is 1.60. The number of hydrogen-bond donors (Lipinski definition) is 1. The zero-order valence-corrected chi connectivity index (χ0v) is 13.8. The predicted molar refractivity (Wildman–Crippen MR) is 83.0 cm³/mol. The van der Waals surface area contributed by atoms with Gasteiger partial charge >= 0.3 is 11.9 Å². The quantitative estimate of drug-likeness (QED) is 0.853. The smallest absolute Gasteiger partial charge is 0.339 e. The average Bonchev–Trinajstić information content (AvgIpc) is 2.96. The van der Waals surface area contributed by atoms with Gasteiger partial charge in [0.15, 0.2) is 6.10 Å². The fraction of sp³-hybridized carbons (Fsp3) is 0.556. The first-order valence-electron chi connectivity index (χ1n) is 8.24. The number of aromatic carboxylic acids is 1. The third-order valence-corrected chi connectivity index (χ3v) is 5.54. The lowest BCUT2D eigenvalue weighted by Crippen LogP contribution is -2.49. The Labute approximate surface area is 139 Å². The molecule has 7 unspecified atom stereocenters. The summed E-state index contributed by atoms with van der Waals surface area (Å²) in [5.41, 5.74) is 0.817. The summed E-state index contributed by atoms with van der Waals surface area (Å²) in [5.74, 6) is -1.36. The Kier molecular flexibility index (Phi) is 3.44. The highest BCUT2D eigenvalue weighted by molar-refractivity contribution is 6.02. The van der Waals surface area contributed by atoms with Crippen LogP contribution in [0.2, 0.25) is 0 Å². The van der Waals surface area contributed by atoms with Crippen LogP contribution in [0.15, 0.2) is 18.2 Å². The number of carboxylic acids is 1. The molecule has 6 nitrogen and oxygen atoms in total. The Bertz CT molecular complexity index is 709. The van der Waals surface area contributed by atoms with Crippen molar-refractivity contribution in [1.29, 1.82) is 0 Å². The number of aryl methyl sites for hydroxylation is 1. The molecule has 4 heterocycles. The molecule has 4 aliphatic heterocycles. The van der Waals surface area contributed by atoms with Crippen LogP contribution >= 0.6 is 0 Å². The molecular weight excluding hydrogens is 312 g/mol. The first kappa shape index (κ1) is 15.6. The maximum atomic E-state index is 12.6. The van der Waals surface area contributed by atoms with Crippen LogP contribution in [-0.2, 0) is 14.2 Å². The highest BCUT2D eigenvalue weighted by atomic mass is 16.6. The number of rotatable bonds is 3. The second-order valence-corrected chi connectivity index (χ2v) is 7.07. The van der Waals surface area contributed by atoms with E-state index in [1.54, 1.807) is 19.1 Å². The molecule has 7 atom stereocenters. The Morgan fingerprint density at radius 1 is 1.00 bits per heavy atom. The van der Waals surface area contributed by atoms with E-state index in [0.29, 0.717) is 0 Å². The Hall–Kier alpha value is -1.92. The zero-order valence-electron chi connectivity index (χ0n) is 13.8. The molecule has 0 spiro atoms. The molecule has 6 heteroatoms. The van der Waals surface area contributed by atoms with Gasteiger partial charge < -0.3 is 19.3 Å². The first-order chi connectivity index (χ1) is 11.4. The van der Waals surface area contributed by atoms with Crippen LogP contribution in [0.3, 0.4) is 0 Å². The van der Waals surface area contributed by atoms with E-state index in [2.05, 4.69) is 6.92 Å². The van der Waals surface area contributed by atoms with E-state index < -0.39 is 18.0 Å². The van der Waals surface area contributed by atoms with E-state index in [1.165, 1.54) is 6.07 Å². The van der Waals surface area contributed by atoms with Crippen LogP contribution in [0.4, 0.5) is 0 Å². The van der Waals surface area contributed by atoms with Crippen molar-refractivity contribution in [3.05, 3.63) is 34.9 Å². The van der Waals surface area contributed by atoms with Crippen molar-refractivity contribution in [3.63, 3.8) is 0 Å². The molecule has 24 heavy (non-hydrogen) atoms. The van der Waals surface area contributed by atoms with Crippen molar-refractivity contribution in [1.82, 2.24) is 0 Å². The maximum absolute atomic E-state index is 12.6. The van der Waals surface area contributed by atoms with Gasteiger partial charge in [-0.15, -0.1) is 0 Å². The summed E-state index contributed by atoms with van der Waals surface area (Å²) < 4.78 is 17.7. The number of carbonyl (C=O) groups excluding carboxylic acids is 1. The highest BCUT2D eigenvalue weighted by Gasteiger charge is 2.65. The lowest BCUT2D eigenvalue weighted by atomic mass is 9.87. The zero-order chi connectivity index (χ0) is 17.2. The largest absolute Gasteiger partial charge is 0.478 e. The van der Waals surface area contributed by atoms with Crippen LogP contribution in [0.25, 0.3) is 0 Å². The Morgan fingerprint density at radius 2 is 1.67 bits per heavy atom. The van der Waals surface area contributed by atoms with Crippen LogP contribution < -0.4 is 0 Å². The van der Waals surface area contributed by atoms with Crippen molar-refractivity contribution >= 4 is 11.9 Å². The molecule has 5 rings (SSSR count). The molecule has 4 aliphatic rings. The molecule has 4 saturated heterocycles. The number of hydrogen-bond acceptors (Lipinski definition) is 5. The van der Waals surface area contributed by atoms with Gasteiger partial charge in [0, 0.05) is 11.8 Å². The molecule has 0 saturated carbocycles. The van der Waals surface area contributed by atoms with E-state index in [9.17, 15) is 14.7 Å². The highest BCUT2D eigenvalue weighted by Crippen LogP contribution is 2.50. The summed E-state index contributed by atoms with van der Waals surface area (Å²) in [4.78, 5) is 24.0. The van der Waals surface area contributed by atoms with Gasteiger partial charge in [0.05, 0.1) is 23.3 Å². The summed E-state index contributed by atoms with van der Waals surface area (Å²) in [5, 5.41) is 9.30. The molecular formula is C18H20O6. The Morgan fingerprint density at radius 3 is 2.38 bits per heavy atom. The topological polar surface area (TPSA) is 82.1 Å². The van der Waals surface area contributed by atoms with Crippen molar-refractivity contribution < 1.29 is 28.9 Å². The molecule has 0 radical (unpaired) electrons. The molecule has 0 aliphatic carbocycles. The number of carboxylic acid groups (broad SMARTS) is 1. The molecule has 4 fully saturated rings. The van der Waals surface area contributed by atoms with Crippen LogP contribution in [0.1, 0.15) is 40.1 Å². The summed E-state index contributed by atoms with van der Waals surface area (Å²) in [6.07, 6.45) is -0.834. The fourth-order valence-electron chi connectivity index (χ4n) is 4.33. The number of esters is 1. The average molecular weight is 332 g/mol. The maximum Gasteiger partial charge on any atom is 0.339 e. The molecule has 1 aromatic rings. The van der Waals surface area contributed by atoms with Crippen molar-refractivity contribution in [2.24, 2.45) is 11.8 Å². The van der Waals surface area contributed by atoms with E-state index in [4.69, 9.17) is 14.2 Å². The minimum absolute atomic E-state index is 0.0505. The fourth-order valence-corrected chi connectivity index (χ4v) is 4.33. The van der Waals surface area contributed by atoms with E-state index in [-0.39, 0.29) is 47.4 Å². The summed E-state index contributed by atoms with van der Waals surface area (Å²) >= 11 is 0. The van der Waals surface area contributed by atoms with Gasteiger partial charge in [-0.05, 0) is 19.1 Å². The van der Waals surface area contributed by atoms with Crippen LogP contribution in [0.5, 0.6) is 0 Å². The second-order valence-electron chi connectivity index (χ2n) is 7.07. The van der Waals surface area contributed by atoms with Gasteiger partial charge in [-0.1, -0.05) is 25.5 Å². The van der Waals surface area contributed by atoms with Gasteiger partial charge in [0.25, 0.3) is 0 Å². The standard InChI is InChI=1S/C18H20O6/c1-7-4-5-10(17(19)20)11(6-7)18(21)24-16-14-9(3)12-8(2)13(23-14)15(16)22-12/h4-6,8-9,12-16H,1-3H3,(H,19,20). The molecule has 0 aromatic heterocycles. The minimum atomic E-state index is -1.15. The first-order valence-corrected chi connectivity index (χ1v) is 8.24. The number of carbonyl (C=O) groups is 2. The lowest BCUT2D eigenvalue weighted by molar-refractivity contribution is -0.152. The van der Waals surface area contributed by atoms with Gasteiger partial charge in [-0.3, -0.25) is 0 Å². The van der Waals surface area contributed by atoms with Gasteiger partial charge in [0.1, 0.15) is 12.2 Å². The normalized spacial score (nSPS) is 39.2. The van der Waals surface area contributed by atoms with Crippen molar-refractivity contribution in [2.45, 2.75) is 51.3 Å². The summed E-state index contributed by atoms with van der Waals surface area (Å²) in [6.45, 7) is 5.94. The summed E-state index contributed by atoms with van der Waals surface area (Å²) in [6, 6.07) is 4.64. The molecule has 1 aromatic carbocycles. The van der Waals surface area contributed by atoms with E-state index in [0.717, 1.165) is 5.56 Å². The number of benzene rings is 1. The third-order valence-electron chi connectivity index (χ3n) is 5.54. The van der Waals surface area contributed by atoms with Crippen molar-refractivity contribution in [3.8, 4) is 0 Å². The van der Waals surface area contributed by atoms with Crippen LogP contribution in [0, 0.1) is 18.8 Å². The number of ether oxygens (including phenoxy) is 3. The second kappa shape index (κ2) is 5.29. The van der Waals surface area contributed by atoms with Gasteiger partial charge in [-0.2, -0.15) is 0 Å². The minimum Gasteiger partial charge on any atom is -0.478 e. The van der Waals surface area contributed by atoms with E-state index >= 15 is 0 Å². The lowest BCUT2D eigenvalue weighted by Gasteiger charge is -2.38. The van der Waals surface area contributed by atoms with Gasteiger partial charge in [0.2, 0.25) is 0 Å². The molecule has 128 valence electrons. The molecule has 1 N–H and O–H groups in total. The summed E-state index contributed by atoms with van der Waals surface area (Å²) in [7, 11) is 0. The van der Waals surface area contributed by atoms with E-state index in [1.807, 2.05) is 6.92 Å². The third kappa shape index (κ3) is 2.09. The predicted octanol–water partition coefficient (Wildman–Crippen LogP) is 2.04. The van der Waals surface area contributed by atoms with Crippen molar-refractivity contribution in [2.75, 3.05) is 0 Å².